The molecular weight excluding hydrogens is 649 g/mol. The van der Waals surface area contributed by atoms with E-state index in [1.807, 2.05) is 57.4 Å². The van der Waals surface area contributed by atoms with Gasteiger partial charge < -0.3 is 20.2 Å². The van der Waals surface area contributed by atoms with Crippen LogP contribution < -0.4 is 10.2 Å². The van der Waals surface area contributed by atoms with E-state index < -0.39 is 17.9 Å². The Kier molecular flexibility index (Phi) is 11.2. The summed E-state index contributed by atoms with van der Waals surface area (Å²) in [6.07, 6.45) is 16.5. The third-order valence-corrected chi connectivity index (χ3v) is 12.4. The van der Waals surface area contributed by atoms with Crippen LogP contribution in [0.15, 0.2) is 42.9 Å². The Labute approximate surface area is 300 Å². The molecule has 2 saturated heterocycles. The van der Waals surface area contributed by atoms with Crippen LogP contribution in [0.1, 0.15) is 99.3 Å². The Bertz CT molecular complexity index is 1610. The summed E-state index contributed by atoms with van der Waals surface area (Å²) >= 11 is 1.31. The third-order valence-electron chi connectivity index (χ3n) is 11.0. The molecule has 1 aromatic carbocycles. The average molecular weight is 701 g/mol. The maximum Gasteiger partial charge on any atom is 0.310 e. The standard InChI is InChI=1S/C39H52N6O4S/c1-5-6-25-7-11-27(12-8-25)28-15-17-44(18-16-28)31-20-40-34(41-21-31)29-13-9-26(10-14-29)19-32(36(47)45-23-30(24-45)37(48)49)43-35(46)33-22-42-38(50-33)39(2,3)4/h9-10,13-14,20-22,25,27-28,30,32H,5-8,11-12,15-19,23-24H2,1-4H3,(H,43,46)(H,48,49)/t25?,27?,32-/m0/s1. The number of nitrogens with zero attached hydrogens (tertiary/aromatic N) is 5. The number of amides is 2. The summed E-state index contributed by atoms with van der Waals surface area (Å²) in [5.74, 6) is 1.19. The van der Waals surface area contributed by atoms with E-state index in [0.717, 1.165) is 52.7 Å². The maximum atomic E-state index is 13.5. The molecule has 2 amide bonds. The lowest BCUT2D eigenvalue weighted by molar-refractivity contribution is -0.153. The Morgan fingerprint density at radius 1 is 0.920 bits per heavy atom. The molecule has 11 heteroatoms. The number of hydrogen-bond acceptors (Lipinski definition) is 8. The van der Waals surface area contributed by atoms with Gasteiger partial charge in [0.05, 0.1) is 35.2 Å². The lowest BCUT2D eigenvalue weighted by atomic mass is 9.72. The Balaban J connectivity index is 1.06. The van der Waals surface area contributed by atoms with Gasteiger partial charge in [-0.1, -0.05) is 77.6 Å². The van der Waals surface area contributed by atoms with Gasteiger partial charge in [-0.25, -0.2) is 15.0 Å². The normalized spacial score (nSPS) is 21.0. The fraction of sp³-hybridized carbons (Fsp3) is 0.590. The Hall–Kier alpha value is -3.86. The number of benzene rings is 1. The first kappa shape index (κ1) is 35.9. The number of nitrogens with one attached hydrogen (secondary N) is 1. The van der Waals surface area contributed by atoms with E-state index in [1.54, 1.807) is 6.20 Å². The SMILES string of the molecule is CCCC1CCC(C2CCN(c3cnc(-c4ccc(C[C@H](NC(=O)c5cnc(C(C)(C)C)s5)C(=O)N5CC(C(=O)O)C5)cc4)nc3)CC2)CC1. The second kappa shape index (κ2) is 15.6. The molecule has 3 fully saturated rings. The van der Waals surface area contributed by atoms with E-state index in [9.17, 15) is 19.5 Å². The highest BCUT2D eigenvalue weighted by Crippen LogP contribution is 2.39. The molecule has 2 aromatic heterocycles. The smallest absolute Gasteiger partial charge is 0.310 e. The van der Waals surface area contributed by atoms with Crippen LogP contribution in [-0.4, -0.2) is 75.0 Å². The molecule has 2 N–H and O–H groups in total. The van der Waals surface area contributed by atoms with E-state index in [-0.39, 0.29) is 36.7 Å². The number of likely N-dealkylation sites (tertiary alicyclic amines) is 1. The second-order valence-electron chi connectivity index (χ2n) is 15.6. The lowest BCUT2D eigenvalue weighted by Gasteiger charge is -2.39. The van der Waals surface area contributed by atoms with Crippen molar-refractivity contribution in [1.82, 2.24) is 25.2 Å². The highest BCUT2D eigenvalue weighted by molar-refractivity contribution is 7.13. The number of rotatable bonds is 11. The quantitative estimate of drug-likeness (QED) is 0.229. The fourth-order valence-electron chi connectivity index (χ4n) is 7.84. The summed E-state index contributed by atoms with van der Waals surface area (Å²) in [6.45, 7) is 10.8. The molecule has 6 rings (SSSR count). The minimum atomic E-state index is -0.917. The van der Waals surface area contributed by atoms with Crippen LogP contribution in [0.25, 0.3) is 11.4 Å². The molecule has 4 heterocycles. The van der Waals surface area contributed by atoms with Crippen molar-refractivity contribution in [2.24, 2.45) is 23.7 Å². The molecule has 0 radical (unpaired) electrons. The zero-order chi connectivity index (χ0) is 35.4. The van der Waals surface area contributed by atoms with Crippen LogP contribution in [0.2, 0.25) is 0 Å². The van der Waals surface area contributed by atoms with Crippen LogP contribution in [0, 0.1) is 23.7 Å². The Morgan fingerprint density at radius 3 is 2.14 bits per heavy atom. The molecule has 10 nitrogen and oxygen atoms in total. The van der Waals surface area contributed by atoms with Crippen LogP contribution in [0.5, 0.6) is 0 Å². The molecule has 0 spiro atoms. The fourth-order valence-corrected chi connectivity index (χ4v) is 8.71. The van der Waals surface area contributed by atoms with E-state index >= 15 is 0 Å². The van der Waals surface area contributed by atoms with Crippen molar-refractivity contribution in [2.75, 3.05) is 31.1 Å². The number of thiazole rings is 1. The molecule has 50 heavy (non-hydrogen) atoms. The predicted molar refractivity (Wildman–Crippen MR) is 196 cm³/mol. The van der Waals surface area contributed by atoms with Crippen LogP contribution in [-0.2, 0) is 21.4 Å². The topological polar surface area (TPSA) is 129 Å². The van der Waals surface area contributed by atoms with Gasteiger partial charge in [-0.05, 0) is 49.0 Å². The Morgan fingerprint density at radius 2 is 1.56 bits per heavy atom. The number of anilines is 1. The molecule has 1 aliphatic carbocycles. The van der Waals surface area contributed by atoms with E-state index in [0.29, 0.717) is 10.7 Å². The summed E-state index contributed by atoms with van der Waals surface area (Å²) in [5.41, 5.74) is 2.60. The van der Waals surface area contributed by atoms with Crippen molar-refractivity contribution in [1.29, 1.82) is 0 Å². The summed E-state index contributed by atoms with van der Waals surface area (Å²) < 4.78 is 0. The predicted octanol–water partition coefficient (Wildman–Crippen LogP) is 6.60. The summed E-state index contributed by atoms with van der Waals surface area (Å²) in [7, 11) is 0. The van der Waals surface area contributed by atoms with E-state index in [4.69, 9.17) is 9.97 Å². The second-order valence-corrected chi connectivity index (χ2v) is 16.7. The first-order chi connectivity index (χ1) is 24.0. The molecule has 0 unspecified atom stereocenters. The van der Waals surface area contributed by atoms with Gasteiger partial charge in [-0.3, -0.25) is 14.4 Å². The van der Waals surface area contributed by atoms with Crippen molar-refractivity contribution >= 4 is 34.8 Å². The highest BCUT2D eigenvalue weighted by atomic mass is 32.1. The number of carbonyl (C=O) groups is 3. The monoisotopic (exact) mass is 700 g/mol. The van der Waals surface area contributed by atoms with Crippen LogP contribution in [0.3, 0.4) is 0 Å². The van der Waals surface area contributed by atoms with Crippen molar-refractivity contribution in [3.05, 3.63) is 58.3 Å². The number of piperidine rings is 1. The zero-order valence-corrected chi connectivity index (χ0v) is 30.8. The highest BCUT2D eigenvalue weighted by Gasteiger charge is 2.39. The maximum absolute atomic E-state index is 13.5. The number of carboxylic acids is 1. The van der Waals surface area contributed by atoms with Crippen molar-refractivity contribution < 1.29 is 19.5 Å². The molecule has 3 aliphatic rings. The van der Waals surface area contributed by atoms with Gasteiger partial charge in [0.1, 0.15) is 10.9 Å². The summed E-state index contributed by atoms with van der Waals surface area (Å²) in [5, 5.41) is 13.1. The first-order valence-electron chi connectivity index (χ1n) is 18.4. The number of hydrogen-bond donors (Lipinski definition) is 2. The first-order valence-corrected chi connectivity index (χ1v) is 19.2. The van der Waals surface area contributed by atoms with Crippen molar-refractivity contribution in [2.45, 2.75) is 96.9 Å². The number of carbonyl (C=O) groups excluding carboxylic acids is 2. The molecule has 3 aromatic rings. The van der Waals surface area contributed by atoms with Crippen molar-refractivity contribution in [3.63, 3.8) is 0 Å². The summed E-state index contributed by atoms with van der Waals surface area (Å²) in [4.78, 5) is 56.3. The van der Waals surface area contributed by atoms with Crippen LogP contribution in [0.4, 0.5) is 5.69 Å². The van der Waals surface area contributed by atoms with E-state index in [2.05, 4.69) is 22.1 Å². The van der Waals surface area contributed by atoms with Gasteiger partial charge in [0.25, 0.3) is 5.91 Å². The molecule has 0 bridgehead atoms. The average Bonchev–Trinajstić information content (AvgIpc) is 3.60. The van der Waals surface area contributed by atoms with Gasteiger partial charge in [0.2, 0.25) is 5.91 Å². The molecule has 2 aliphatic heterocycles. The third kappa shape index (κ3) is 8.53. The number of aromatic nitrogens is 3. The van der Waals surface area contributed by atoms with Gasteiger partial charge in [-0.15, -0.1) is 11.3 Å². The van der Waals surface area contributed by atoms with Gasteiger partial charge in [0.15, 0.2) is 5.82 Å². The van der Waals surface area contributed by atoms with Gasteiger partial charge in [-0.2, -0.15) is 0 Å². The van der Waals surface area contributed by atoms with Gasteiger partial charge in [0, 0.05) is 43.6 Å². The summed E-state index contributed by atoms with van der Waals surface area (Å²) in [6, 6.07) is 6.90. The lowest BCUT2D eigenvalue weighted by Crippen LogP contribution is -2.59. The molecule has 268 valence electrons. The van der Waals surface area contributed by atoms with E-state index in [1.165, 1.54) is 67.6 Å². The minimum Gasteiger partial charge on any atom is -0.481 e. The molecule has 1 saturated carbocycles. The molecular formula is C39H52N6O4S. The largest absolute Gasteiger partial charge is 0.481 e. The zero-order valence-electron chi connectivity index (χ0n) is 29.9. The number of carboxylic acid groups (broad SMARTS) is 1. The minimum absolute atomic E-state index is 0.138. The van der Waals surface area contributed by atoms with Gasteiger partial charge >= 0.3 is 5.97 Å². The molecule has 1 atom stereocenters. The van der Waals surface area contributed by atoms with Crippen molar-refractivity contribution in [3.8, 4) is 11.4 Å². The van der Waals surface area contributed by atoms with Crippen LogP contribution >= 0.6 is 11.3 Å². The number of aliphatic carboxylic acids is 1.